The predicted octanol–water partition coefficient (Wildman–Crippen LogP) is 3.34. The Balaban J connectivity index is 0.00000144. The number of amides is 2. The molecule has 2 aliphatic heterocycles. The number of anilines is 1. The summed E-state index contributed by atoms with van der Waals surface area (Å²) in [5, 5.41) is 4.86. The van der Waals surface area contributed by atoms with Crippen LogP contribution in [0.5, 0.6) is 0 Å². The molecule has 10 heteroatoms. The van der Waals surface area contributed by atoms with E-state index in [1.54, 1.807) is 24.3 Å². The highest BCUT2D eigenvalue weighted by Gasteiger charge is 2.35. The second-order valence-electron chi connectivity index (χ2n) is 7.84. The lowest BCUT2D eigenvalue weighted by Gasteiger charge is -2.35. The minimum absolute atomic E-state index is 0. The average Bonchev–Trinajstić information content (AvgIpc) is 3.21. The van der Waals surface area contributed by atoms with E-state index < -0.39 is 0 Å². The molecular weight excluding hydrogens is 456 g/mol. The molecule has 1 fully saturated rings. The summed E-state index contributed by atoms with van der Waals surface area (Å²) in [6.07, 6.45) is 0. The molecule has 0 aliphatic carbocycles. The Hall–Kier alpha value is -2.68. The molecule has 5 rings (SSSR count). The van der Waals surface area contributed by atoms with Crippen LogP contribution in [0.1, 0.15) is 26.3 Å². The zero-order valence-electron chi connectivity index (χ0n) is 17.5. The molecule has 3 heterocycles. The van der Waals surface area contributed by atoms with Gasteiger partial charge in [-0.05, 0) is 31.2 Å². The van der Waals surface area contributed by atoms with Gasteiger partial charge >= 0.3 is 0 Å². The van der Waals surface area contributed by atoms with Crippen LogP contribution in [0.2, 0.25) is 0 Å². The van der Waals surface area contributed by atoms with Gasteiger partial charge in [-0.3, -0.25) is 19.4 Å². The molecule has 3 aromatic rings. The van der Waals surface area contributed by atoms with Gasteiger partial charge in [0.25, 0.3) is 11.8 Å². The number of rotatable bonds is 4. The Morgan fingerprint density at radius 1 is 0.906 bits per heavy atom. The van der Waals surface area contributed by atoms with Crippen molar-refractivity contribution in [3.05, 3.63) is 59.2 Å². The van der Waals surface area contributed by atoms with Gasteiger partial charge in [-0.2, -0.15) is 0 Å². The molecule has 0 radical (unpaired) electrons. The van der Waals surface area contributed by atoms with Gasteiger partial charge in [0.15, 0.2) is 5.82 Å². The summed E-state index contributed by atoms with van der Waals surface area (Å²) in [6, 6.07) is 12.6. The number of halogens is 3. The van der Waals surface area contributed by atoms with Crippen LogP contribution in [-0.2, 0) is 0 Å². The maximum Gasteiger partial charge on any atom is 0.261 e. The summed E-state index contributed by atoms with van der Waals surface area (Å²) in [7, 11) is 0. The second kappa shape index (κ2) is 9.44. The van der Waals surface area contributed by atoms with Gasteiger partial charge < -0.3 is 4.90 Å². The van der Waals surface area contributed by atoms with Gasteiger partial charge in [-0.15, -0.1) is 29.9 Å². The fraction of sp³-hybridized carbons (Fsp3) is 0.318. The smallest absolute Gasteiger partial charge is 0.261 e. The molecule has 0 N–H and O–H groups in total. The Labute approximate surface area is 197 Å². The van der Waals surface area contributed by atoms with E-state index >= 15 is 0 Å². The molecule has 0 unspecified atom stereocenters. The number of carbonyl (C=O) groups is 2. The van der Waals surface area contributed by atoms with Crippen molar-refractivity contribution in [3.63, 3.8) is 0 Å². The number of fused-ring (bicyclic) bond motifs is 2. The topological polar surface area (TPSA) is 61.7 Å². The molecule has 0 atom stereocenters. The minimum atomic E-state index is -0.214. The Bertz CT molecular complexity index is 1160. The van der Waals surface area contributed by atoms with Crippen molar-refractivity contribution in [3.8, 4) is 0 Å². The van der Waals surface area contributed by atoms with Crippen molar-refractivity contribution in [2.45, 2.75) is 6.92 Å². The summed E-state index contributed by atoms with van der Waals surface area (Å²) < 4.78 is 14.0. The first kappa shape index (κ1) is 24.0. The number of aromatic nitrogens is 2. The summed E-state index contributed by atoms with van der Waals surface area (Å²) in [5.74, 6) is 0.231. The van der Waals surface area contributed by atoms with Crippen LogP contribution in [0, 0.1) is 6.92 Å². The van der Waals surface area contributed by atoms with Crippen molar-refractivity contribution in [1.29, 1.82) is 0 Å². The van der Waals surface area contributed by atoms with Gasteiger partial charge in [0.2, 0.25) is 0 Å². The van der Waals surface area contributed by atoms with E-state index in [4.69, 9.17) is 0 Å². The number of aryl methyl sites for hydroxylation is 1. The fourth-order valence-electron chi connectivity index (χ4n) is 4.28. The van der Waals surface area contributed by atoms with Crippen LogP contribution in [0.25, 0.3) is 10.9 Å². The number of benzene rings is 2. The van der Waals surface area contributed by atoms with Gasteiger partial charge in [0.05, 0.1) is 11.1 Å². The normalized spacial score (nSPS) is 16.2. The lowest BCUT2D eigenvalue weighted by atomic mass is 10.1. The van der Waals surface area contributed by atoms with E-state index in [0.29, 0.717) is 53.5 Å². The highest BCUT2D eigenvalue weighted by molar-refractivity contribution is 6.21. The molecule has 2 aliphatic rings. The highest BCUT2D eigenvalue weighted by Crippen LogP contribution is 2.27. The average molecular weight is 480 g/mol. The first-order valence-corrected chi connectivity index (χ1v) is 10.1. The van der Waals surface area contributed by atoms with Gasteiger partial charge in [-0.25, -0.2) is 0 Å². The molecule has 0 saturated carbocycles. The summed E-state index contributed by atoms with van der Waals surface area (Å²) in [5.41, 5.74) is 2.43. The third-order valence-corrected chi connectivity index (χ3v) is 5.96. The van der Waals surface area contributed by atoms with Crippen molar-refractivity contribution >= 4 is 53.3 Å². The third kappa shape index (κ3) is 4.05. The Morgan fingerprint density at radius 2 is 1.59 bits per heavy atom. The van der Waals surface area contributed by atoms with E-state index in [1.165, 1.54) is 4.90 Å². The summed E-state index contributed by atoms with van der Waals surface area (Å²) in [6.45, 7) is 5.84. The quantitative estimate of drug-likeness (QED) is 0.537. The second-order valence-corrected chi connectivity index (χ2v) is 7.84. The van der Waals surface area contributed by atoms with Crippen molar-refractivity contribution in [1.82, 2.24) is 19.8 Å². The number of para-hydroxylation sites is 1. The number of imide groups is 1. The monoisotopic (exact) mass is 479 g/mol. The van der Waals surface area contributed by atoms with E-state index in [1.807, 2.05) is 25.1 Å². The maximum absolute atomic E-state index is 14.0. The van der Waals surface area contributed by atoms with Crippen LogP contribution in [0.3, 0.4) is 0 Å². The van der Waals surface area contributed by atoms with E-state index in [0.717, 1.165) is 24.0 Å². The van der Waals surface area contributed by atoms with Gasteiger partial charge in [-0.1, -0.05) is 33.1 Å². The molecular formula is C22H24Cl2FN5O2. The van der Waals surface area contributed by atoms with E-state index in [9.17, 15) is 14.1 Å². The number of nitrogens with zero attached hydrogens (tertiary/aromatic N) is 5. The first-order valence-electron chi connectivity index (χ1n) is 10.1. The molecule has 7 nitrogen and oxygen atoms in total. The van der Waals surface area contributed by atoms with Crippen molar-refractivity contribution in [2.24, 2.45) is 0 Å². The lowest BCUT2D eigenvalue weighted by molar-refractivity contribution is 0.0635. The zero-order chi connectivity index (χ0) is 20.8. The van der Waals surface area contributed by atoms with Crippen molar-refractivity contribution < 1.29 is 14.1 Å². The first-order chi connectivity index (χ1) is 14.5. The van der Waals surface area contributed by atoms with Crippen molar-refractivity contribution in [2.75, 3.05) is 44.2 Å². The van der Waals surface area contributed by atoms with E-state index in [2.05, 4.69) is 14.9 Å². The van der Waals surface area contributed by atoms with E-state index in [-0.39, 0.29) is 36.6 Å². The molecule has 170 valence electrons. The van der Waals surface area contributed by atoms with Gasteiger partial charge in [0.1, 0.15) is 5.52 Å². The predicted molar refractivity (Wildman–Crippen MR) is 126 cm³/mol. The van der Waals surface area contributed by atoms with Crippen LogP contribution in [0.4, 0.5) is 10.3 Å². The van der Waals surface area contributed by atoms with Crippen LogP contribution >= 0.6 is 24.8 Å². The van der Waals surface area contributed by atoms with Crippen LogP contribution in [-0.4, -0.2) is 70.9 Å². The molecule has 0 bridgehead atoms. The summed E-state index contributed by atoms with van der Waals surface area (Å²) in [4.78, 5) is 31.3. The third-order valence-electron chi connectivity index (χ3n) is 5.96. The number of piperazine rings is 1. The SMILES string of the molecule is Cc1ccc2c(c1)C(=O)N(CCN1CCN(c3nn(F)c4ccccc34)CC1)C2=O.Cl.Cl. The number of hydrogen-bond acceptors (Lipinski definition) is 5. The molecule has 32 heavy (non-hydrogen) atoms. The molecule has 0 spiro atoms. The number of hydrogen-bond donors (Lipinski definition) is 0. The Kier molecular flexibility index (Phi) is 7.07. The largest absolute Gasteiger partial charge is 0.352 e. The van der Waals surface area contributed by atoms with Crippen LogP contribution < -0.4 is 4.90 Å². The zero-order valence-corrected chi connectivity index (χ0v) is 19.2. The Morgan fingerprint density at radius 3 is 2.34 bits per heavy atom. The fourth-order valence-corrected chi connectivity index (χ4v) is 4.28. The highest BCUT2D eigenvalue weighted by atomic mass is 35.5. The molecule has 2 amide bonds. The lowest BCUT2D eigenvalue weighted by Crippen LogP contribution is -2.49. The molecule has 1 saturated heterocycles. The molecule has 2 aromatic carbocycles. The van der Waals surface area contributed by atoms with Crippen LogP contribution in [0.15, 0.2) is 42.5 Å². The van der Waals surface area contributed by atoms with Gasteiger partial charge in [0, 0.05) is 44.7 Å². The summed E-state index contributed by atoms with van der Waals surface area (Å²) >= 11 is 0. The standard InChI is InChI=1S/C22H22FN5O2.2ClH/c1-15-6-7-16-18(14-15)22(30)27(21(16)29)13-10-25-8-11-26(12-9-25)20-17-4-2-3-5-19(17)28(23)24-20;;/h2-7,14H,8-13H2,1H3;2*1H. The minimum Gasteiger partial charge on any atom is -0.352 e. The maximum atomic E-state index is 14.0. The molecule has 1 aromatic heterocycles. The number of carbonyl (C=O) groups excluding carboxylic acids is 2.